The van der Waals surface area contributed by atoms with E-state index in [4.69, 9.17) is 19.9 Å². The molecule has 4 aromatic rings. The molecule has 2 aliphatic rings. The quantitative estimate of drug-likeness (QED) is 0.187. The summed E-state index contributed by atoms with van der Waals surface area (Å²) < 4.78 is 108. The second-order valence-electron chi connectivity index (χ2n) is 11.9. The molecule has 0 aliphatic carbocycles. The fraction of sp³-hybridized carbons (Fsp3) is 0.469. The molecular formula is C32H32F6N6O3S. The maximum atomic E-state index is 16.8. The van der Waals surface area contributed by atoms with Crippen molar-refractivity contribution in [1.29, 1.82) is 5.26 Å². The van der Waals surface area contributed by atoms with Gasteiger partial charge in [0.25, 0.3) is 0 Å². The van der Waals surface area contributed by atoms with Crippen LogP contribution in [-0.2, 0) is 10.9 Å². The normalized spacial score (nSPS) is 22.0. The lowest BCUT2D eigenvalue weighted by Crippen LogP contribution is -2.38. The van der Waals surface area contributed by atoms with Gasteiger partial charge in [-0.05, 0) is 62.4 Å². The predicted octanol–water partition coefficient (Wildman–Crippen LogP) is 6.12. The number of thiophene rings is 1. The van der Waals surface area contributed by atoms with Gasteiger partial charge in [-0.1, -0.05) is 6.07 Å². The summed E-state index contributed by atoms with van der Waals surface area (Å²) in [5.41, 5.74) is 2.36. The van der Waals surface area contributed by atoms with Crippen LogP contribution in [0.3, 0.4) is 0 Å². The van der Waals surface area contributed by atoms with Crippen molar-refractivity contribution in [3.05, 3.63) is 41.0 Å². The molecule has 4 atom stereocenters. The second kappa shape index (κ2) is 13.9. The largest absolute Gasteiger partial charge is 0.472 e. The van der Waals surface area contributed by atoms with Crippen LogP contribution >= 0.6 is 11.3 Å². The van der Waals surface area contributed by atoms with Crippen LogP contribution in [0.2, 0.25) is 0 Å². The fourth-order valence-electron chi connectivity index (χ4n) is 6.38. The van der Waals surface area contributed by atoms with Crippen molar-refractivity contribution in [1.82, 2.24) is 20.6 Å². The van der Waals surface area contributed by atoms with E-state index in [0.29, 0.717) is 43.3 Å². The van der Waals surface area contributed by atoms with Crippen molar-refractivity contribution in [3.63, 3.8) is 0 Å². The summed E-state index contributed by atoms with van der Waals surface area (Å²) in [5, 5.41) is 15.3. The van der Waals surface area contributed by atoms with Gasteiger partial charge in [0.1, 0.15) is 34.7 Å². The topological polar surface area (TPSA) is 127 Å². The zero-order valence-electron chi connectivity index (χ0n) is 25.7. The van der Waals surface area contributed by atoms with Crippen molar-refractivity contribution in [2.75, 3.05) is 45.7 Å². The highest BCUT2D eigenvalue weighted by molar-refractivity contribution is 7.23. The van der Waals surface area contributed by atoms with Crippen molar-refractivity contribution in [3.8, 4) is 29.1 Å². The number of methoxy groups -OCH3 is 1. The highest BCUT2D eigenvalue weighted by atomic mass is 32.1. The van der Waals surface area contributed by atoms with Crippen molar-refractivity contribution >= 4 is 37.3 Å². The molecule has 4 N–H and O–H groups in total. The Morgan fingerprint density at radius 1 is 1.15 bits per heavy atom. The van der Waals surface area contributed by atoms with Crippen LogP contribution in [0.25, 0.3) is 32.1 Å². The number of nitrogens with zero attached hydrogens (tertiary/aromatic N) is 3. The number of nitrogens with one attached hydrogen (secondary N) is 2. The number of anilines is 1. The molecule has 2 fully saturated rings. The number of nitrogens with two attached hydrogens (primary N) is 1. The monoisotopic (exact) mass is 694 g/mol. The molecule has 0 radical (unpaired) electrons. The van der Waals surface area contributed by atoms with Crippen LogP contribution in [-0.4, -0.2) is 68.2 Å². The molecule has 3 unspecified atom stereocenters. The molecule has 2 aromatic carbocycles. The molecule has 4 heterocycles. The van der Waals surface area contributed by atoms with Crippen LogP contribution in [0, 0.1) is 28.9 Å². The first-order chi connectivity index (χ1) is 23.0. The highest BCUT2D eigenvalue weighted by Gasteiger charge is 2.39. The summed E-state index contributed by atoms with van der Waals surface area (Å²) in [5.74, 6) is -2.79. The SMILES string of the molecule is COCC1NCCC1Oc1nc(OCC2CCCNC[C@H](F)C2)nc2c(F)c(-c3ccc(F)c4sc(N)c(C#N)c34)c(C(F)(F)F)cc12. The summed E-state index contributed by atoms with van der Waals surface area (Å²) in [4.78, 5) is 8.49. The Labute approximate surface area is 275 Å². The van der Waals surface area contributed by atoms with Gasteiger partial charge >= 0.3 is 12.2 Å². The molecule has 2 saturated heterocycles. The molecule has 0 amide bonds. The lowest BCUT2D eigenvalue weighted by atomic mass is 9.92. The van der Waals surface area contributed by atoms with Gasteiger partial charge in [-0.3, -0.25) is 0 Å². The second-order valence-corrected chi connectivity index (χ2v) is 12.9. The Hall–Kier alpha value is -3.91. The average Bonchev–Trinajstić information content (AvgIpc) is 3.62. The van der Waals surface area contributed by atoms with Gasteiger partial charge in [-0.2, -0.15) is 28.4 Å². The zero-order valence-corrected chi connectivity index (χ0v) is 26.5. The number of aromatic nitrogens is 2. The summed E-state index contributed by atoms with van der Waals surface area (Å²) in [6, 6.07) is 3.67. The number of nitriles is 1. The maximum absolute atomic E-state index is 16.8. The third-order valence-electron chi connectivity index (χ3n) is 8.64. The lowest BCUT2D eigenvalue weighted by Gasteiger charge is -2.24. The van der Waals surface area contributed by atoms with E-state index in [0.717, 1.165) is 18.6 Å². The Kier molecular flexibility index (Phi) is 9.84. The zero-order chi connectivity index (χ0) is 34.2. The number of nitrogen functional groups attached to an aromatic ring is 1. The minimum absolute atomic E-state index is 0.0178. The van der Waals surface area contributed by atoms with E-state index in [1.165, 1.54) is 7.11 Å². The lowest BCUT2D eigenvalue weighted by molar-refractivity contribution is -0.137. The molecule has 0 bridgehead atoms. The van der Waals surface area contributed by atoms with Gasteiger partial charge < -0.3 is 30.6 Å². The Morgan fingerprint density at radius 2 is 1.96 bits per heavy atom. The minimum Gasteiger partial charge on any atom is -0.472 e. The molecule has 6 rings (SSSR count). The molecule has 16 heteroatoms. The number of fused-ring (bicyclic) bond motifs is 2. The molecule has 0 saturated carbocycles. The number of ether oxygens (including phenoxy) is 3. The first-order valence-corrected chi connectivity index (χ1v) is 16.2. The van der Waals surface area contributed by atoms with Gasteiger partial charge in [0, 0.05) is 24.6 Å². The van der Waals surface area contributed by atoms with Crippen LogP contribution in [0.5, 0.6) is 11.9 Å². The number of hydrogen-bond acceptors (Lipinski definition) is 10. The summed E-state index contributed by atoms with van der Waals surface area (Å²) in [6.07, 6.45) is -4.75. The standard InChI is InChI=1S/C32H32F6N6O3S/c1-45-14-22-23(6-8-42-22)47-30-18-10-20(32(36,37)38)25(17-4-5-21(34)28-24(17)19(11-39)29(40)48-28)26(35)27(18)43-31(44-30)46-13-15-3-2-7-41-12-16(33)9-15/h4-5,10,15-16,22-23,41-42H,2-3,6-9,12-14,40H2,1H3/t15?,16-,22?,23?/m1/s1. The fourth-order valence-corrected chi connectivity index (χ4v) is 7.33. The molecule has 0 spiro atoms. The van der Waals surface area contributed by atoms with Gasteiger partial charge in [0.2, 0.25) is 5.88 Å². The Balaban J connectivity index is 1.54. The average molecular weight is 695 g/mol. The smallest absolute Gasteiger partial charge is 0.417 e. The van der Waals surface area contributed by atoms with Gasteiger partial charge in [0.15, 0.2) is 5.82 Å². The predicted molar refractivity (Wildman–Crippen MR) is 168 cm³/mol. The Morgan fingerprint density at radius 3 is 2.71 bits per heavy atom. The molecule has 48 heavy (non-hydrogen) atoms. The minimum atomic E-state index is -5.12. The van der Waals surface area contributed by atoms with Gasteiger partial charge in [0.05, 0.1) is 40.5 Å². The first-order valence-electron chi connectivity index (χ1n) is 15.4. The van der Waals surface area contributed by atoms with E-state index in [1.54, 1.807) is 6.07 Å². The highest BCUT2D eigenvalue weighted by Crippen LogP contribution is 2.48. The van der Waals surface area contributed by atoms with E-state index >= 15 is 4.39 Å². The molecule has 9 nitrogen and oxygen atoms in total. The number of alkyl halides is 4. The van der Waals surface area contributed by atoms with E-state index in [2.05, 4.69) is 20.6 Å². The molecule has 2 aliphatic heterocycles. The Bertz CT molecular complexity index is 1860. The summed E-state index contributed by atoms with van der Waals surface area (Å²) in [7, 11) is 1.49. The molecule has 256 valence electrons. The first kappa shape index (κ1) is 34.0. The third kappa shape index (κ3) is 6.69. The third-order valence-corrected chi connectivity index (χ3v) is 9.67. The van der Waals surface area contributed by atoms with Crippen molar-refractivity contribution in [2.45, 2.75) is 50.2 Å². The van der Waals surface area contributed by atoms with Crippen molar-refractivity contribution < 1.29 is 40.6 Å². The van der Waals surface area contributed by atoms with Gasteiger partial charge in [-0.15, -0.1) is 11.3 Å². The number of rotatable bonds is 8. The van der Waals surface area contributed by atoms with E-state index in [9.17, 15) is 27.2 Å². The van der Waals surface area contributed by atoms with Crippen LogP contribution in [0.4, 0.5) is 31.3 Å². The number of benzene rings is 2. The van der Waals surface area contributed by atoms with Gasteiger partial charge in [-0.25, -0.2) is 13.2 Å². The van der Waals surface area contributed by atoms with E-state index in [-0.39, 0.29) is 81.6 Å². The number of hydrogen-bond donors (Lipinski definition) is 3. The molecular weight excluding hydrogens is 662 g/mol. The molecule has 2 aromatic heterocycles. The number of halogens is 6. The van der Waals surface area contributed by atoms with E-state index < -0.39 is 46.7 Å². The van der Waals surface area contributed by atoms with Crippen LogP contribution < -0.4 is 25.8 Å². The maximum Gasteiger partial charge on any atom is 0.417 e. The van der Waals surface area contributed by atoms with Crippen LogP contribution in [0.1, 0.15) is 36.8 Å². The summed E-state index contributed by atoms with van der Waals surface area (Å²) >= 11 is 0.676. The van der Waals surface area contributed by atoms with Crippen LogP contribution in [0.15, 0.2) is 18.2 Å². The summed E-state index contributed by atoms with van der Waals surface area (Å²) in [6.45, 7) is 1.58. The van der Waals surface area contributed by atoms with E-state index in [1.807, 2.05) is 0 Å². The van der Waals surface area contributed by atoms with Crippen molar-refractivity contribution in [2.24, 2.45) is 5.92 Å².